The van der Waals surface area contributed by atoms with E-state index in [0.717, 1.165) is 24.8 Å². The highest BCUT2D eigenvalue weighted by Gasteiger charge is 2.57. The summed E-state index contributed by atoms with van der Waals surface area (Å²) >= 11 is 0. The van der Waals surface area contributed by atoms with Crippen molar-refractivity contribution in [1.29, 1.82) is 0 Å². The number of alkyl carbamates (subject to hydrolysis) is 1. The van der Waals surface area contributed by atoms with Gasteiger partial charge in [-0.2, -0.15) is 0 Å². The second-order valence-corrected chi connectivity index (χ2v) is 5.46. The summed E-state index contributed by atoms with van der Waals surface area (Å²) in [6.07, 6.45) is 2.02. The number of carbonyl (C=O) groups excluding carboxylic acids is 2. The molecule has 20 heavy (non-hydrogen) atoms. The molecule has 106 valence electrons. The Morgan fingerprint density at radius 3 is 2.80 bits per heavy atom. The Morgan fingerprint density at radius 1 is 1.35 bits per heavy atom. The molecule has 1 heterocycles. The molecule has 1 aromatic carbocycles. The maximum atomic E-state index is 11.8. The van der Waals surface area contributed by atoms with Crippen LogP contribution in [-0.2, 0) is 16.1 Å². The van der Waals surface area contributed by atoms with Gasteiger partial charge >= 0.3 is 6.09 Å². The van der Waals surface area contributed by atoms with Gasteiger partial charge in [0.25, 0.3) is 0 Å². The topological polar surface area (TPSA) is 67.4 Å². The molecule has 2 aliphatic rings. The third-order valence-corrected chi connectivity index (χ3v) is 4.13. The molecule has 1 spiro atoms. The van der Waals surface area contributed by atoms with Crippen molar-refractivity contribution < 1.29 is 14.3 Å². The third kappa shape index (κ3) is 2.48. The molecular formula is C15H18N2O3. The van der Waals surface area contributed by atoms with E-state index in [-0.39, 0.29) is 24.0 Å². The molecule has 1 aliphatic heterocycles. The number of hydrogen-bond acceptors (Lipinski definition) is 3. The summed E-state index contributed by atoms with van der Waals surface area (Å²) in [6.45, 7) is 0.864. The molecule has 1 atom stereocenters. The minimum absolute atomic E-state index is 0.0668. The lowest BCUT2D eigenvalue weighted by Crippen LogP contribution is -2.54. The zero-order chi connectivity index (χ0) is 14.0. The molecule has 2 amide bonds. The van der Waals surface area contributed by atoms with Gasteiger partial charge in [-0.1, -0.05) is 30.3 Å². The zero-order valence-electron chi connectivity index (χ0n) is 11.2. The van der Waals surface area contributed by atoms with Crippen LogP contribution in [0.2, 0.25) is 0 Å². The van der Waals surface area contributed by atoms with Gasteiger partial charge < -0.3 is 15.4 Å². The van der Waals surface area contributed by atoms with Crippen LogP contribution >= 0.6 is 0 Å². The van der Waals surface area contributed by atoms with E-state index < -0.39 is 6.09 Å². The molecular weight excluding hydrogens is 256 g/mol. The number of piperidine rings is 1. The molecule has 5 nitrogen and oxygen atoms in total. The van der Waals surface area contributed by atoms with Gasteiger partial charge in [-0.25, -0.2) is 4.79 Å². The van der Waals surface area contributed by atoms with Crippen molar-refractivity contribution >= 4 is 12.0 Å². The van der Waals surface area contributed by atoms with E-state index in [1.807, 2.05) is 30.3 Å². The van der Waals surface area contributed by atoms with Crippen LogP contribution in [0.5, 0.6) is 0 Å². The molecule has 3 rings (SSSR count). The van der Waals surface area contributed by atoms with Crippen LogP contribution in [0.15, 0.2) is 30.3 Å². The van der Waals surface area contributed by atoms with Crippen LogP contribution in [0, 0.1) is 5.41 Å². The number of hydrogen-bond donors (Lipinski definition) is 2. The number of amides is 2. The van der Waals surface area contributed by atoms with Crippen LogP contribution < -0.4 is 10.6 Å². The van der Waals surface area contributed by atoms with Crippen molar-refractivity contribution in [2.45, 2.75) is 31.9 Å². The van der Waals surface area contributed by atoms with E-state index in [0.29, 0.717) is 6.54 Å². The number of benzene rings is 1. The number of nitrogens with one attached hydrogen (secondary N) is 2. The molecule has 0 aromatic heterocycles. The largest absolute Gasteiger partial charge is 0.445 e. The molecule has 1 unspecified atom stereocenters. The molecule has 1 saturated carbocycles. The van der Waals surface area contributed by atoms with Crippen molar-refractivity contribution in [2.24, 2.45) is 5.41 Å². The molecule has 2 fully saturated rings. The second-order valence-electron chi connectivity index (χ2n) is 5.46. The second kappa shape index (κ2) is 5.15. The van der Waals surface area contributed by atoms with Gasteiger partial charge in [0.15, 0.2) is 0 Å². The molecule has 1 saturated heterocycles. The summed E-state index contributed by atoms with van der Waals surface area (Å²) < 4.78 is 5.21. The van der Waals surface area contributed by atoms with Gasteiger partial charge in [-0.15, -0.1) is 0 Å². The average molecular weight is 274 g/mol. The van der Waals surface area contributed by atoms with Crippen LogP contribution in [0.1, 0.15) is 24.8 Å². The van der Waals surface area contributed by atoms with E-state index in [9.17, 15) is 9.59 Å². The normalized spacial score (nSPS) is 23.0. The zero-order valence-corrected chi connectivity index (χ0v) is 11.2. The highest BCUT2D eigenvalue weighted by Crippen LogP contribution is 2.51. The smallest absolute Gasteiger partial charge is 0.407 e. The summed E-state index contributed by atoms with van der Waals surface area (Å²) in [5.41, 5.74) is 0.578. The Labute approximate surface area is 117 Å². The Kier molecular flexibility index (Phi) is 3.34. The van der Waals surface area contributed by atoms with Crippen molar-refractivity contribution in [2.75, 3.05) is 6.54 Å². The van der Waals surface area contributed by atoms with E-state index in [1.165, 1.54) is 0 Å². The molecule has 5 heteroatoms. The Morgan fingerprint density at radius 2 is 2.10 bits per heavy atom. The SMILES string of the molecule is O=C(NC1CCNC(=O)C12CC2)OCc1ccccc1. The standard InChI is InChI=1S/C15H18N2O3/c18-13-15(7-8-15)12(6-9-16-13)17-14(19)20-10-11-4-2-1-3-5-11/h1-5,12H,6-10H2,(H,16,18)(H,17,19). The quantitative estimate of drug-likeness (QED) is 0.879. The Hall–Kier alpha value is -2.04. The third-order valence-electron chi connectivity index (χ3n) is 4.13. The minimum atomic E-state index is -0.445. The van der Waals surface area contributed by atoms with Gasteiger partial charge in [0, 0.05) is 12.6 Å². The number of carbonyl (C=O) groups is 2. The van der Waals surface area contributed by atoms with Gasteiger partial charge in [0.05, 0.1) is 5.41 Å². The van der Waals surface area contributed by atoms with Gasteiger partial charge in [0.1, 0.15) is 6.61 Å². The van der Waals surface area contributed by atoms with Gasteiger partial charge in [-0.05, 0) is 24.8 Å². The van der Waals surface area contributed by atoms with E-state index in [1.54, 1.807) is 0 Å². The predicted octanol–water partition coefficient (Wildman–Crippen LogP) is 1.58. The molecule has 1 aromatic rings. The summed E-state index contributed by atoms with van der Waals surface area (Å²) in [4.78, 5) is 23.7. The van der Waals surface area contributed by atoms with E-state index in [4.69, 9.17) is 4.74 Å². The van der Waals surface area contributed by atoms with Crippen LogP contribution in [0.3, 0.4) is 0 Å². The highest BCUT2D eigenvalue weighted by molar-refractivity contribution is 5.87. The lowest BCUT2D eigenvalue weighted by atomic mass is 9.89. The maximum absolute atomic E-state index is 11.8. The fourth-order valence-corrected chi connectivity index (χ4v) is 2.77. The van der Waals surface area contributed by atoms with Crippen molar-refractivity contribution in [1.82, 2.24) is 10.6 Å². The fraction of sp³-hybridized carbons (Fsp3) is 0.467. The number of rotatable bonds is 3. The van der Waals surface area contributed by atoms with Crippen LogP contribution in [0.4, 0.5) is 4.79 Å². The summed E-state index contributed by atoms with van der Waals surface area (Å²) in [5.74, 6) is 0.0668. The lowest BCUT2D eigenvalue weighted by molar-refractivity contribution is -0.129. The molecule has 2 N–H and O–H groups in total. The first kappa shape index (κ1) is 13.0. The first-order valence-electron chi connectivity index (χ1n) is 6.96. The van der Waals surface area contributed by atoms with Gasteiger partial charge in [0.2, 0.25) is 5.91 Å². The Balaban J connectivity index is 1.53. The van der Waals surface area contributed by atoms with Crippen molar-refractivity contribution in [3.05, 3.63) is 35.9 Å². The minimum Gasteiger partial charge on any atom is -0.445 e. The predicted molar refractivity (Wildman–Crippen MR) is 72.8 cm³/mol. The monoisotopic (exact) mass is 274 g/mol. The summed E-state index contributed by atoms with van der Waals surface area (Å²) in [5, 5.41) is 5.72. The average Bonchev–Trinajstić information content (AvgIpc) is 3.25. The summed E-state index contributed by atoms with van der Waals surface area (Å²) in [7, 11) is 0. The molecule has 1 aliphatic carbocycles. The molecule has 0 radical (unpaired) electrons. The van der Waals surface area contributed by atoms with E-state index in [2.05, 4.69) is 10.6 Å². The van der Waals surface area contributed by atoms with Gasteiger partial charge in [-0.3, -0.25) is 4.79 Å². The van der Waals surface area contributed by atoms with Crippen molar-refractivity contribution in [3.63, 3.8) is 0 Å². The fourth-order valence-electron chi connectivity index (χ4n) is 2.77. The first-order chi connectivity index (χ1) is 9.71. The highest BCUT2D eigenvalue weighted by atomic mass is 16.5. The van der Waals surface area contributed by atoms with Crippen LogP contribution in [-0.4, -0.2) is 24.6 Å². The summed E-state index contributed by atoms with van der Waals surface area (Å²) in [6, 6.07) is 9.44. The van der Waals surface area contributed by atoms with Crippen LogP contribution in [0.25, 0.3) is 0 Å². The maximum Gasteiger partial charge on any atom is 0.407 e. The van der Waals surface area contributed by atoms with E-state index >= 15 is 0 Å². The molecule has 0 bridgehead atoms. The first-order valence-corrected chi connectivity index (χ1v) is 6.96. The van der Waals surface area contributed by atoms with Crippen molar-refractivity contribution in [3.8, 4) is 0 Å². The lowest BCUT2D eigenvalue weighted by Gasteiger charge is -2.31. The Bertz CT molecular complexity index is 511. The number of ether oxygens (including phenoxy) is 1.